The van der Waals surface area contributed by atoms with Crippen molar-refractivity contribution in [3.8, 4) is 5.69 Å². The van der Waals surface area contributed by atoms with E-state index in [1.165, 1.54) is 22.9 Å². The summed E-state index contributed by atoms with van der Waals surface area (Å²) in [6.45, 7) is 1.62. The number of para-hydroxylation sites is 2. The highest BCUT2D eigenvalue weighted by atomic mass is 19.1. The Morgan fingerprint density at radius 1 is 1.07 bits per heavy atom. The second-order valence-corrected chi connectivity index (χ2v) is 6.20. The van der Waals surface area contributed by atoms with Gasteiger partial charge in [-0.25, -0.2) is 9.07 Å². The van der Waals surface area contributed by atoms with E-state index in [1.54, 1.807) is 43.5 Å². The summed E-state index contributed by atoms with van der Waals surface area (Å²) in [5, 5.41) is 7.64. The van der Waals surface area contributed by atoms with Crippen LogP contribution in [0.3, 0.4) is 0 Å². The van der Waals surface area contributed by atoms with Gasteiger partial charge in [-0.3, -0.25) is 14.6 Å². The normalized spacial score (nSPS) is 10.8. The number of nitrogens with one attached hydrogen (secondary N) is 1. The van der Waals surface area contributed by atoms with Gasteiger partial charge in [0.05, 0.1) is 11.2 Å². The predicted octanol–water partition coefficient (Wildman–Crippen LogP) is 3.48. The van der Waals surface area contributed by atoms with Gasteiger partial charge in [-0.1, -0.05) is 30.3 Å². The van der Waals surface area contributed by atoms with Crippen LogP contribution in [0, 0.1) is 12.7 Å². The lowest BCUT2D eigenvalue weighted by molar-refractivity contribution is 0.101. The predicted molar refractivity (Wildman–Crippen MR) is 104 cm³/mol. The van der Waals surface area contributed by atoms with E-state index < -0.39 is 17.2 Å². The number of pyridine rings is 1. The molecule has 2 aromatic carbocycles. The van der Waals surface area contributed by atoms with Gasteiger partial charge in [-0.05, 0) is 31.2 Å². The lowest BCUT2D eigenvalue weighted by Gasteiger charge is -2.12. The van der Waals surface area contributed by atoms with Crippen molar-refractivity contribution in [1.82, 2.24) is 14.8 Å². The van der Waals surface area contributed by atoms with Crippen molar-refractivity contribution in [3.63, 3.8) is 0 Å². The Morgan fingerprint density at radius 2 is 1.86 bits per heavy atom. The Kier molecular flexibility index (Phi) is 4.41. The largest absolute Gasteiger partial charge is 0.319 e. The number of hydrogen-bond acceptors (Lipinski definition) is 4. The fourth-order valence-electron chi connectivity index (χ4n) is 2.96. The van der Waals surface area contributed by atoms with Crippen molar-refractivity contribution in [2.75, 3.05) is 5.32 Å². The molecule has 0 unspecified atom stereocenters. The third-order valence-corrected chi connectivity index (χ3v) is 4.28. The second-order valence-electron chi connectivity index (χ2n) is 6.20. The van der Waals surface area contributed by atoms with Crippen LogP contribution in [0.2, 0.25) is 0 Å². The molecule has 0 spiro atoms. The number of rotatable bonds is 3. The van der Waals surface area contributed by atoms with Gasteiger partial charge in [0.25, 0.3) is 5.91 Å². The summed E-state index contributed by atoms with van der Waals surface area (Å²) in [4.78, 5) is 29.4. The van der Waals surface area contributed by atoms with Crippen molar-refractivity contribution >= 4 is 22.5 Å². The van der Waals surface area contributed by atoms with Crippen molar-refractivity contribution in [1.29, 1.82) is 0 Å². The molecule has 138 valence electrons. The Morgan fingerprint density at radius 3 is 2.68 bits per heavy atom. The SMILES string of the molecule is Cc1cc(=O)c(C(=O)Nc2cccc3cccnc23)nn1-c1ccccc1F. The molecule has 4 aromatic rings. The van der Waals surface area contributed by atoms with E-state index in [9.17, 15) is 14.0 Å². The molecule has 0 bridgehead atoms. The number of benzene rings is 2. The van der Waals surface area contributed by atoms with Gasteiger partial charge < -0.3 is 5.32 Å². The quantitative estimate of drug-likeness (QED) is 0.596. The highest BCUT2D eigenvalue weighted by molar-refractivity contribution is 6.07. The van der Waals surface area contributed by atoms with E-state index in [2.05, 4.69) is 15.4 Å². The summed E-state index contributed by atoms with van der Waals surface area (Å²) in [6.07, 6.45) is 1.62. The molecule has 0 fully saturated rings. The average molecular weight is 374 g/mol. The van der Waals surface area contributed by atoms with Crippen molar-refractivity contribution in [3.05, 3.63) is 94.3 Å². The van der Waals surface area contributed by atoms with E-state index in [1.807, 2.05) is 12.1 Å². The summed E-state index contributed by atoms with van der Waals surface area (Å²) < 4.78 is 15.4. The molecule has 1 N–H and O–H groups in total. The molecule has 28 heavy (non-hydrogen) atoms. The number of nitrogens with zero attached hydrogens (tertiary/aromatic N) is 3. The fraction of sp³-hybridized carbons (Fsp3) is 0.0476. The van der Waals surface area contributed by atoms with Gasteiger partial charge in [0, 0.05) is 23.3 Å². The zero-order chi connectivity index (χ0) is 19.7. The van der Waals surface area contributed by atoms with E-state index >= 15 is 0 Å². The van der Waals surface area contributed by atoms with Crippen LogP contribution >= 0.6 is 0 Å². The number of carbonyl (C=O) groups is 1. The molecule has 7 heteroatoms. The molecule has 4 rings (SSSR count). The topological polar surface area (TPSA) is 76.9 Å². The third-order valence-electron chi connectivity index (χ3n) is 4.28. The van der Waals surface area contributed by atoms with Crippen LogP contribution in [0.5, 0.6) is 0 Å². The number of amides is 1. The summed E-state index contributed by atoms with van der Waals surface area (Å²) in [6, 6.07) is 16.3. The minimum Gasteiger partial charge on any atom is -0.319 e. The van der Waals surface area contributed by atoms with Crippen LogP contribution in [0.15, 0.2) is 71.7 Å². The van der Waals surface area contributed by atoms with E-state index in [0.717, 1.165) is 5.39 Å². The zero-order valence-electron chi connectivity index (χ0n) is 14.9. The Bertz CT molecular complexity index is 1260. The number of carbonyl (C=O) groups excluding carboxylic acids is 1. The number of aromatic nitrogens is 3. The van der Waals surface area contributed by atoms with Gasteiger partial charge in [-0.2, -0.15) is 5.10 Å². The van der Waals surface area contributed by atoms with E-state index in [-0.39, 0.29) is 11.4 Å². The van der Waals surface area contributed by atoms with Crippen LogP contribution in [-0.4, -0.2) is 20.7 Å². The van der Waals surface area contributed by atoms with Gasteiger partial charge in [-0.15, -0.1) is 0 Å². The van der Waals surface area contributed by atoms with Crippen LogP contribution in [-0.2, 0) is 0 Å². The lowest BCUT2D eigenvalue weighted by Crippen LogP contribution is -2.27. The molecular weight excluding hydrogens is 359 g/mol. The monoisotopic (exact) mass is 374 g/mol. The third kappa shape index (κ3) is 3.14. The fourth-order valence-corrected chi connectivity index (χ4v) is 2.96. The molecule has 0 atom stereocenters. The molecule has 0 aliphatic rings. The lowest BCUT2D eigenvalue weighted by atomic mass is 10.2. The van der Waals surface area contributed by atoms with Crippen molar-refractivity contribution in [2.24, 2.45) is 0 Å². The van der Waals surface area contributed by atoms with Crippen molar-refractivity contribution in [2.45, 2.75) is 6.92 Å². The molecule has 0 aliphatic heterocycles. The van der Waals surface area contributed by atoms with E-state index in [4.69, 9.17) is 0 Å². The summed E-state index contributed by atoms with van der Waals surface area (Å²) in [7, 11) is 0. The van der Waals surface area contributed by atoms with Crippen LogP contribution in [0.1, 0.15) is 16.2 Å². The maximum absolute atomic E-state index is 14.2. The minimum atomic E-state index is -0.687. The molecule has 1 amide bonds. The van der Waals surface area contributed by atoms with Gasteiger partial charge in [0.2, 0.25) is 5.43 Å². The van der Waals surface area contributed by atoms with Crippen LogP contribution in [0.25, 0.3) is 16.6 Å². The number of hydrogen-bond donors (Lipinski definition) is 1. The van der Waals surface area contributed by atoms with Crippen LogP contribution in [0.4, 0.5) is 10.1 Å². The van der Waals surface area contributed by atoms with Gasteiger partial charge in [0.1, 0.15) is 11.5 Å². The standard InChI is InChI=1S/C21H15FN4O2/c1-13-12-18(27)20(25-26(13)17-10-3-2-8-15(17)22)21(28)24-16-9-4-6-14-7-5-11-23-19(14)16/h2-12H,1H3,(H,24,28). The number of fused-ring (bicyclic) bond motifs is 1. The van der Waals surface area contributed by atoms with E-state index in [0.29, 0.717) is 16.9 Å². The second kappa shape index (κ2) is 7.03. The average Bonchev–Trinajstić information content (AvgIpc) is 2.69. The molecule has 0 aliphatic carbocycles. The smallest absolute Gasteiger partial charge is 0.280 e. The molecule has 0 saturated heterocycles. The van der Waals surface area contributed by atoms with Gasteiger partial charge >= 0.3 is 0 Å². The first-order valence-electron chi connectivity index (χ1n) is 8.55. The minimum absolute atomic E-state index is 0.154. The number of anilines is 1. The Balaban J connectivity index is 1.77. The molecule has 2 heterocycles. The molecule has 0 saturated carbocycles. The summed E-state index contributed by atoms with van der Waals surface area (Å²) in [5.41, 5.74) is 0.749. The number of aryl methyl sites for hydroxylation is 1. The van der Waals surface area contributed by atoms with Crippen LogP contribution < -0.4 is 10.7 Å². The highest BCUT2D eigenvalue weighted by Crippen LogP contribution is 2.21. The zero-order valence-corrected chi connectivity index (χ0v) is 14.9. The first-order valence-corrected chi connectivity index (χ1v) is 8.55. The molecule has 6 nitrogen and oxygen atoms in total. The molecular formula is C21H15FN4O2. The van der Waals surface area contributed by atoms with Gasteiger partial charge in [0.15, 0.2) is 5.69 Å². The summed E-state index contributed by atoms with van der Waals surface area (Å²) in [5.74, 6) is -1.19. The Labute approximate surface area is 159 Å². The highest BCUT2D eigenvalue weighted by Gasteiger charge is 2.17. The summed E-state index contributed by atoms with van der Waals surface area (Å²) >= 11 is 0. The Hall–Kier alpha value is -3.87. The molecule has 2 aromatic heterocycles. The first kappa shape index (κ1) is 17.5. The molecule has 0 radical (unpaired) electrons. The number of halogens is 1. The maximum atomic E-state index is 14.2. The van der Waals surface area contributed by atoms with Crippen molar-refractivity contribution < 1.29 is 9.18 Å². The first-order chi connectivity index (χ1) is 13.5. The maximum Gasteiger partial charge on any atom is 0.280 e.